The number of hydrogen-bond acceptors (Lipinski definition) is 2. The summed E-state index contributed by atoms with van der Waals surface area (Å²) in [7, 11) is 0. The maximum atomic E-state index is 4.78. The Morgan fingerprint density at radius 3 is 2.52 bits per heavy atom. The van der Waals surface area contributed by atoms with Gasteiger partial charge < -0.3 is 10.3 Å². The van der Waals surface area contributed by atoms with Crippen molar-refractivity contribution in [3.05, 3.63) is 41.2 Å². The van der Waals surface area contributed by atoms with Crippen molar-refractivity contribution < 1.29 is 0 Å². The first-order valence-corrected chi connectivity index (χ1v) is 8.08. The average Bonchev–Trinajstić information content (AvgIpc) is 2.88. The summed E-state index contributed by atoms with van der Waals surface area (Å²) in [4.78, 5) is 8.19. The van der Waals surface area contributed by atoms with Gasteiger partial charge in [0.2, 0.25) is 0 Å². The molecule has 0 bridgehead atoms. The molecule has 1 heterocycles. The van der Waals surface area contributed by atoms with Crippen LogP contribution in [0.5, 0.6) is 0 Å². The third kappa shape index (κ3) is 3.53. The lowest BCUT2D eigenvalue weighted by molar-refractivity contribution is 0.371. The zero-order valence-corrected chi connectivity index (χ0v) is 13.1. The fourth-order valence-corrected chi connectivity index (χ4v) is 3.06. The second kappa shape index (κ2) is 6.44. The molecule has 1 fully saturated rings. The fourth-order valence-electron chi connectivity index (χ4n) is 3.06. The lowest BCUT2D eigenvalue weighted by atomic mass is 9.95. The van der Waals surface area contributed by atoms with Crippen LogP contribution in [-0.2, 0) is 6.54 Å². The molecule has 3 heteroatoms. The molecule has 21 heavy (non-hydrogen) atoms. The molecule has 0 saturated heterocycles. The summed E-state index contributed by atoms with van der Waals surface area (Å²) < 4.78 is 0. The van der Waals surface area contributed by atoms with Crippen molar-refractivity contribution in [2.24, 2.45) is 0 Å². The van der Waals surface area contributed by atoms with Gasteiger partial charge in [-0.05, 0) is 26.7 Å². The Hall–Kier alpha value is -1.61. The van der Waals surface area contributed by atoms with Gasteiger partial charge in [-0.1, -0.05) is 49.1 Å². The van der Waals surface area contributed by atoms with Gasteiger partial charge in [-0.25, -0.2) is 4.98 Å². The fraction of sp³-hybridized carbons (Fsp3) is 0.500. The second-order valence-corrected chi connectivity index (χ2v) is 6.24. The number of hydrogen-bond donors (Lipinski definition) is 2. The van der Waals surface area contributed by atoms with Crippen LogP contribution in [-0.4, -0.2) is 16.0 Å². The van der Waals surface area contributed by atoms with Crippen LogP contribution < -0.4 is 5.32 Å². The lowest BCUT2D eigenvalue weighted by Crippen LogP contribution is -2.30. The summed E-state index contributed by atoms with van der Waals surface area (Å²) in [5.41, 5.74) is 4.76. The standard InChI is InChI=1S/C18H25N3/c1-13-8-10-15(11-9-13)18-20-14(2)17(21-18)12-19-16-6-4-3-5-7-16/h8-11,16,19H,3-7,12H2,1-2H3,(H,20,21). The largest absolute Gasteiger partial charge is 0.342 e. The Bertz CT molecular complexity index is 577. The normalized spacial score (nSPS) is 16.3. The highest BCUT2D eigenvalue weighted by Gasteiger charge is 2.14. The smallest absolute Gasteiger partial charge is 0.137 e. The zero-order valence-electron chi connectivity index (χ0n) is 13.1. The van der Waals surface area contributed by atoms with Gasteiger partial charge >= 0.3 is 0 Å². The molecule has 1 saturated carbocycles. The Morgan fingerprint density at radius 2 is 1.81 bits per heavy atom. The SMILES string of the molecule is Cc1ccc(-c2nc(CNC3CCCCC3)c(C)[nH]2)cc1. The maximum absolute atomic E-state index is 4.78. The van der Waals surface area contributed by atoms with Crippen molar-refractivity contribution in [3.8, 4) is 11.4 Å². The Labute approximate surface area is 127 Å². The Balaban J connectivity index is 1.67. The first kappa shape index (κ1) is 14.3. The summed E-state index contributed by atoms with van der Waals surface area (Å²) in [6.45, 7) is 5.10. The van der Waals surface area contributed by atoms with Crippen LogP contribution in [0.25, 0.3) is 11.4 Å². The zero-order chi connectivity index (χ0) is 14.7. The number of benzene rings is 1. The van der Waals surface area contributed by atoms with Crippen LogP contribution in [0.2, 0.25) is 0 Å². The van der Waals surface area contributed by atoms with Gasteiger partial charge in [-0.3, -0.25) is 0 Å². The van der Waals surface area contributed by atoms with Crippen LogP contribution in [0.15, 0.2) is 24.3 Å². The molecule has 3 nitrogen and oxygen atoms in total. The van der Waals surface area contributed by atoms with Crippen LogP contribution in [0.3, 0.4) is 0 Å². The Morgan fingerprint density at radius 1 is 1.10 bits per heavy atom. The molecule has 2 N–H and O–H groups in total. The van der Waals surface area contributed by atoms with Gasteiger partial charge in [0.1, 0.15) is 5.82 Å². The van der Waals surface area contributed by atoms with Gasteiger partial charge in [0.05, 0.1) is 5.69 Å². The third-order valence-corrected chi connectivity index (χ3v) is 4.47. The third-order valence-electron chi connectivity index (χ3n) is 4.47. The highest BCUT2D eigenvalue weighted by molar-refractivity contribution is 5.56. The number of aromatic amines is 1. The minimum absolute atomic E-state index is 0.678. The number of rotatable bonds is 4. The van der Waals surface area contributed by atoms with Crippen LogP contribution in [0.1, 0.15) is 49.1 Å². The highest BCUT2D eigenvalue weighted by Crippen LogP contribution is 2.20. The monoisotopic (exact) mass is 283 g/mol. The molecule has 2 aromatic rings. The Kier molecular flexibility index (Phi) is 4.39. The molecule has 1 aromatic heterocycles. The van der Waals surface area contributed by atoms with E-state index in [0.717, 1.165) is 23.6 Å². The van der Waals surface area contributed by atoms with Crippen molar-refractivity contribution >= 4 is 0 Å². The van der Waals surface area contributed by atoms with Crippen LogP contribution in [0.4, 0.5) is 0 Å². The van der Waals surface area contributed by atoms with E-state index in [4.69, 9.17) is 4.98 Å². The minimum atomic E-state index is 0.678. The summed E-state index contributed by atoms with van der Waals surface area (Å²) >= 11 is 0. The van der Waals surface area contributed by atoms with Crippen LogP contribution >= 0.6 is 0 Å². The summed E-state index contributed by atoms with van der Waals surface area (Å²) in [5, 5.41) is 3.67. The second-order valence-electron chi connectivity index (χ2n) is 6.24. The van der Waals surface area contributed by atoms with Gasteiger partial charge in [-0.15, -0.1) is 0 Å². The van der Waals surface area contributed by atoms with Crippen molar-refractivity contribution in [2.75, 3.05) is 0 Å². The van der Waals surface area contributed by atoms with E-state index in [1.54, 1.807) is 0 Å². The maximum Gasteiger partial charge on any atom is 0.137 e. The van der Waals surface area contributed by atoms with Gasteiger partial charge in [0, 0.05) is 23.8 Å². The van der Waals surface area contributed by atoms with Crippen LogP contribution in [0, 0.1) is 13.8 Å². The van der Waals surface area contributed by atoms with E-state index >= 15 is 0 Å². The first-order valence-electron chi connectivity index (χ1n) is 8.08. The van der Waals surface area contributed by atoms with E-state index in [1.165, 1.54) is 43.4 Å². The number of H-pyrrole nitrogens is 1. The van der Waals surface area contributed by atoms with Gasteiger partial charge in [0.25, 0.3) is 0 Å². The summed E-state index contributed by atoms with van der Waals surface area (Å²) in [6, 6.07) is 9.20. The van der Waals surface area contributed by atoms with E-state index in [0.29, 0.717) is 6.04 Å². The van der Waals surface area contributed by atoms with Crippen molar-refractivity contribution in [2.45, 2.75) is 58.5 Å². The molecule has 0 aliphatic heterocycles. The number of nitrogens with zero attached hydrogens (tertiary/aromatic N) is 1. The molecule has 0 atom stereocenters. The number of aryl methyl sites for hydroxylation is 2. The van der Waals surface area contributed by atoms with E-state index in [2.05, 4.69) is 48.4 Å². The van der Waals surface area contributed by atoms with Crippen molar-refractivity contribution in [3.63, 3.8) is 0 Å². The summed E-state index contributed by atoms with van der Waals surface area (Å²) in [5.74, 6) is 0.980. The van der Waals surface area contributed by atoms with Gasteiger partial charge in [-0.2, -0.15) is 0 Å². The topological polar surface area (TPSA) is 40.7 Å². The number of imidazole rings is 1. The molecule has 1 aliphatic rings. The highest BCUT2D eigenvalue weighted by atomic mass is 15.0. The molecule has 3 rings (SSSR count). The first-order chi connectivity index (χ1) is 10.2. The minimum Gasteiger partial charge on any atom is -0.342 e. The number of aromatic nitrogens is 2. The molecule has 0 unspecified atom stereocenters. The summed E-state index contributed by atoms with van der Waals surface area (Å²) in [6.07, 6.45) is 6.76. The molecule has 112 valence electrons. The molecule has 1 aromatic carbocycles. The predicted molar refractivity (Wildman–Crippen MR) is 87.2 cm³/mol. The van der Waals surface area contributed by atoms with E-state index < -0.39 is 0 Å². The van der Waals surface area contributed by atoms with Gasteiger partial charge in [0.15, 0.2) is 0 Å². The number of nitrogens with one attached hydrogen (secondary N) is 2. The predicted octanol–water partition coefficient (Wildman–Crippen LogP) is 4.12. The molecule has 0 amide bonds. The average molecular weight is 283 g/mol. The van der Waals surface area contributed by atoms with E-state index in [-0.39, 0.29) is 0 Å². The van der Waals surface area contributed by atoms with Crippen molar-refractivity contribution in [1.29, 1.82) is 0 Å². The molecule has 1 aliphatic carbocycles. The van der Waals surface area contributed by atoms with E-state index in [1.807, 2.05) is 0 Å². The lowest BCUT2D eigenvalue weighted by Gasteiger charge is -2.22. The molecule has 0 radical (unpaired) electrons. The quantitative estimate of drug-likeness (QED) is 0.886. The molecular formula is C18H25N3. The molecule has 0 spiro atoms. The van der Waals surface area contributed by atoms with E-state index in [9.17, 15) is 0 Å². The molecular weight excluding hydrogens is 258 g/mol. The van der Waals surface area contributed by atoms with Crippen molar-refractivity contribution in [1.82, 2.24) is 15.3 Å².